The van der Waals surface area contributed by atoms with Crippen LogP contribution in [0.3, 0.4) is 0 Å². The third-order valence-corrected chi connectivity index (χ3v) is 4.04. The van der Waals surface area contributed by atoms with Crippen LogP contribution in [0.15, 0.2) is 11.6 Å². The Labute approximate surface area is 119 Å². The molecule has 0 unspecified atom stereocenters. The lowest BCUT2D eigenvalue weighted by Gasteiger charge is -2.35. The quantitative estimate of drug-likeness (QED) is 0.488. The van der Waals surface area contributed by atoms with Crippen LogP contribution >= 0.6 is 0 Å². The molecule has 0 bridgehead atoms. The first-order valence-electron chi connectivity index (χ1n) is 7.38. The number of rotatable bonds is 7. The summed E-state index contributed by atoms with van der Waals surface area (Å²) >= 11 is 0. The van der Waals surface area contributed by atoms with Crippen molar-refractivity contribution >= 4 is 5.97 Å². The number of allylic oxidation sites excluding steroid dienone is 2. The van der Waals surface area contributed by atoms with Crippen LogP contribution in [0, 0.1) is 23.2 Å². The fraction of sp³-hybridized carbons (Fsp3) is 0.824. The summed E-state index contributed by atoms with van der Waals surface area (Å²) < 4.78 is 5.41. The molecular formula is C17H32O2. The summed E-state index contributed by atoms with van der Waals surface area (Å²) in [5, 5.41) is 0. The highest BCUT2D eigenvalue weighted by atomic mass is 16.5. The molecule has 0 N–H and O–H groups in total. The molecule has 2 atom stereocenters. The van der Waals surface area contributed by atoms with Gasteiger partial charge in [-0.05, 0) is 32.1 Å². The summed E-state index contributed by atoms with van der Waals surface area (Å²) in [6.45, 7) is 17.4. The summed E-state index contributed by atoms with van der Waals surface area (Å²) in [4.78, 5) is 11.6. The van der Waals surface area contributed by atoms with Gasteiger partial charge >= 0.3 is 5.97 Å². The van der Waals surface area contributed by atoms with E-state index in [0.29, 0.717) is 18.4 Å². The number of hydrogen-bond donors (Lipinski definition) is 0. The minimum absolute atomic E-state index is 0.0133. The fourth-order valence-corrected chi connectivity index (χ4v) is 1.95. The number of esters is 1. The molecule has 0 saturated carbocycles. The van der Waals surface area contributed by atoms with E-state index in [4.69, 9.17) is 4.74 Å². The smallest absolute Gasteiger partial charge is 0.308 e. The molecule has 2 heteroatoms. The maximum atomic E-state index is 11.6. The highest BCUT2D eigenvalue weighted by Crippen LogP contribution is 2.34. The van der Waals surface area contributed by atoms with E-state index in [1.165, 1.54) is 5.57 Å². The average molecular weight is 268 g/mol. The largest absolute Gasteiger partial charge is 0.465 e. The van der Waals surface area contributed by atoms with Crippen LogP contribution in [0.5, 0.6) is 0 Å². The molecule has 0 aliphatic rings. The molecule has 0 aromatic carbocycles. The third kappa shape index (κ3) is 6.79. The number of carbonyl (C=O) groups excluding carboxylic acids is 1. The summed E-state index contributed by atoms with van der Waals surface area (Å²) in [7, 11) is 0. The van der Waals surface area contributed by atoms with E-state index in [1.807, 2.05) is 13.8 Å². The normalized spacial score (nSPS) is 15.0. The van der Waals surface area contributed by atoms with Crippen molar-refractivity contribution in [2.24, 2.45) is 23.2 Å². The molecule has 0 aromatic heterocycles. The molecule has 19 heavy (non-hydrogen) atoms. The fourth-order valence-electron chi connectivity index (χ4n) is 1.95. The molecule has 0 aliphatic carbocycles. The Morgan fingerprint density at radius 1 is 1.16 bits per heavy atom. The van der Waals surface area contributed by atoms with Gasteiger partial charge in [-0.25, -0.2) is 0 Å². The lowest BCUT2D eigenvalue weighted by molar-refractivity contribution is -0.151. The standard InChI is InChI=1S/C17H32O2/c1-12(2)9-10-14(5)15(6)17(7,8)11-19-16(18)13(3)4/h9,13-15H,10-11H2,1-8H3/t14-,15-/m0/s1. The zero-order valence-electron chi connectivity index (χ0n) is 14.0. The van der Waals surface area contributed by atoms with Gasteiger partial charge in [-0.15, -0.1) is 0 Å². The molecule has 0 aliphatic heterocycles. The van der Waals surface area contributed by atoms with Gasteiger partial charge in [0.05, 0.1) is 12.5 Å². The average Bonchev–Trinajstić information content (AvgIpc) is 2.31. The summed E-state index contributed by atoms with van der Waals surface area (Å²) in [6.07, 6.45) is 3.38. The van der Waals surface area contributed by atoms with Crippen molar-refractivity contribution < 1.29 is 9.53 Å². The van der Waals surface area contributed by atoms with Gasteiger partial charge in [0.1, 0.15) is 0 Å². The number of carbonyl (C=O) groups is 1. The van der Waals surface area contributed by atoms with Crippen LogP contribution in [0.4, 0.5) is 0 Å². The van der Waals surface area contributed by atoms with E-state index in [0.717, 1.165) is 6.42 Å². The molecule has 0 spiro atoms. The Bertz CT molecular complexity index is 309. The number of ether oxygens (including phenoxy) is 1. The predicted octanol–water partition coefficient (Wildman–Crippen LogP) is 4.84. The van der Waals surface area contributed by atoms with E-state index >= 15 is 0 Å². The molecule has 0 aromatic rings. The first kappa shape index (κ1) is 18.2. The Kier molecular flexibility index (Phi) is 7.39. The minimum atomic E-state index is -0.0998. The topological polar surface area (TPSA) is 26.3 Å². The second-order valence-electron chi connectivity index (χ2n) is 7.03. The van der Waals surface area contributed by atoms with Crippen molar-refractivity contribution in [3.8, 4) is 0 Å². The van der Waals surface area contributed by atoms with Crippen LogP contribution in [-0.4, -0.2) is 12.6 Å². The molecule has 0 saturated heterocycles. The lowest BCUT2D eigenvalue weighted by Crippen LogP contribution is -2.33. The minimum Gasteiger partial charge on any atom is -0.465 e. The summed E-state index contributed by atoms with van der Waals surface area (Å²) in [5.41, 5.74) is 1.38. The van der Waals surface area contributed by atoms with Gasteiger partial charge in [-0.1, -0.05) is 53.2 Å². The van der Waals surface area contributed by atoms with Crippen LogP contribution in [0.1, 0.15) is 61.8 Å². The Morgan fingerprint density at radius 2 is 1.68 bits per heavy atom. The van der Waals surface area contributed by atoms with Crippen molar-refractivity contribution in [1.29, 1.82) is 0 Å². The van der Waals surface area contributed by atoms with Crippen molar-refractivity contribution in [2.75, 3.05) is 6.61 Å². The van der Waals surface area contributed by atoms with Crippen molar-refractivity contribution in [1.82, 2.24) is 0 Å². The van der Waals surface area contributed by atoms with Gasteiger partial charge in [-0.2, -0.15) is 0 Å². The zero-order valence-corrected chi connectivity index (χ0v) is 14.0. The maximum Gasteiger partial charge on any atom is 0.308 e. The number of hydrogen-bond acceptors (Lipinski definition) is 2. The molecule has 0 radical (unpaired) electrons. The molecule has 2 nitrogen and oxygen atoms in total. The van der Waals surface area contributed by atoms with Gasteiger partial charge < -0.3 is 4.74 Å². The van der Waals surface area contributed by atoms with Crippen LogP contribution in [0.2, 0.25) is 0 Å². The second-order valence-corrected chi connectivity index (χ2v) is 7.03. The Morgan fingerprint density at radius 3 is 2.11 bits per heavy atom. The predicted molar refractivity (Wildman–Crippen MR) is 82.0 cm³/mol. The van der Waals surface area contributed by atoms with Crippen LogP contribution in [-0.2, 0) is 9.53 Å². The van der Waals surface area contributed by atoms with E-state index in [2.05, 4.69) is 47.6 Å². The van der Waals surface area contributed by atoms with Crippen LogP contribution < -0.4 is 0 Å². The molecule has 0 heterocycles. The van der Waals surface area contributed by atoms with Crippen molar-refractivity contribution in [3.05, 3.63) is 11.6 Å². The van der Waals surface area contributed by atoms with Gasteiger partial charge in [-0.3, -0.25) is 4.79 Å². The highest BCUT2D eigenvalue weighted by molar-refractivity contribution is 5.71. The molecule has 112 valence electrons. The van der Waals surface area contributed by atoms with E-state index in [9.17, 15) is 4.79 Å². The Balaban J connectivity index is 4.45. The van der Waals surface area contributed by atoms with E-state index in [1.54, 1.807) is 0 Å². The summed E-state index contributed by atoms with van der Waals surface area (Å²) in [6, 6.07) is 0. The lowest BCUT2D eigenvalue weighted by atomic mass is 9.73. The third-order valence-electron chi connectivity index (χ3n) is 4.04. The van der Waals surface area contributed by atoms with Gasteiger partial charge in [0.2, 0.25) is 0 Å². The van der Waals surface area contributed by atoms with Crippen molar-refractivity contribution in [2.45, 2.75) is 61.8 Å². The van der Waals surface area contributed by atoms with Crippen molar-refractivity contribution in [3.63, 3.8) is 0 Å². The maximum absolute atomic E-state index is 11.6. The summed E-state index contributed by atoms with van der Waals surface area (Å²) in [5.74, 6) is 0.942. The SMILES string of the molecule is CC(C)=CC[C@H](C)[C@H](C)C(C)(C)COC(=O)C(C)C. The molecular weight excluding hydrogens is 236 g/mol. The first-order chi connectivity index (χ1) is 8.58. The Hall–Kier alpha value is -0.790. The first-order valence-corrected chi connectivity index (χ1v) is 7.38. The molecule has 0 rings (SSSR count). The second kappa shape index (κ2) is 7.72. The van der Waals surface area contributed by atoms with Gasteiger partial charge in [0.15, 0.2) is 0 Å². The monoisotopic (exact) mass is 268 g/mol. The van der Waals surface area contributed by atoms with Crippen LogP contribution in [0.25, 0.3) is 0 Å². The van der Waals surface area contributed by atoms with E-state index < -0.39 is 0 Å². The van der Waals surface area contributed by atoms with Gasteiger partial charge in [0.25, 0.3) is 0 Å². The molecule has 0 fully saturated rings. The molecule has 0 amide bonds. The van der Waals surface area contributed by atoms with E-state index in [-0.39, 0.29) is 17.3 Å². The highest BCUT2D eigenvalue weighted by Gasteiger charge is 2.31. The zero-order chi connectivity index (χ0) is 15.2. The van der Waals surface area contributed by atoms with Gasteiger partial charge in [0, 0.05) is 5.41 Å².